The Labute approximate surface area is 198 Å². The minimum atomic E-state index is -0.780. The first-order valence-corrected chi connectivity index (χ1v) is 11.9. The highest BCUT2D eigenvalue weighted by molar-refractivity contribution is 6.11. The standard InChI is InChI=1S/C26H30N6O2/c1-14-21(15(2)32-31-14)16-9-11-19(12-10-16)29-25(33)23(22(17-5-6-17)18-7-8-18)26(34)30-20-4-3-13-28-24(20)27/h3-4,9-13,17-18,22-23H,5-8H2,1-2H3,(H2,27,28)(H,29,33)(H,30,34)(H,31,32). The fraction of sp³-hybridized carbons (Fsp3) is 0.385. The predicted molar refractivity (Wildman–Crippen MR) is 132 cm³/mol. The van der Waals surface area contributed by atoms with Crippen LogP contribution in [-0.2, 0) is 9.59 Å². The summed E-state index contributed by atoms with van der Waals surface area (Å²) in [7, 11) is 0. The van der Waals surface area contributed by atoms with Gasteiger partial charge >= 0.3 is 0 Å². The number of anilines is 3. The van der Waals surface area contributed by atoms with Crippen molar-refractivity contribution in [1.29, 1.82) is 0 Å². The van der Waals surface area contributed by atoms with Gasteiger partial charge in [-0.3, -0.25) is 14.7 Å². The number of H-pyrrole nitrogens is 1. The third kappa shape index (κ3) is 4.53. The predicted octanol–water partition coefficient (Wildman–Crippen LogP) is 4.30. The van der Waals surface area contributed by atoms with Crippen LogP contribution < -0.4 is 16.4 Å². The highest BCUT2D eigenvalue weighted by Gasteiger charge is 2.50. The van der Waals surface area contributed by atoms with E-state index in [-0.39, 0.29) is 23.6 Å². The number of amides is 2. The first-order chi connectivity index (χ1) is 16.4. The van der Waals surface area contributed by atoms with E-state index in [4.69, 9.17) is 5.73 Å². The molecule has 1 atom stereocenters. The smallest absolute Gasteiger partial charge is 0.237 e. The average Bonchev–Trinajstić information content (AvgIpc) is 3.74. The largest absolute Gasteiger partial charge is 0.382 e. The van der Waals surface area contributed by atoms with E-state index >= 15 is 0 Å². The van der Waals surface area contributed by atoms with Crippen LogP contribution in [0.1, 0.15) is 37.1 Å². The second-order valence-electron chi connectivity index (χ2n) is 9.53. The fourth-order valence-electron chi connectivity index (χ4n) is 5.01. The Kier molecular flexibility index (Phi) is 5.81. The number of carbonyl (C=O) groups excluding carboxylic acids is 2. The van der Waals surface area contributed by atoms with Crippen molar-refractivity contribution < 1.29 is 9.59 Å². The van der Waals surface area contributed by atoms with Gasteiger partial charge in [-0.1, -0.05) is 12.1 Å². The molecular formula is C26H30N6O2. The van der Waals surface area contributed by atoms with Crippen LogP contribution in [-0.4, -0.2) is 27.0 Å². The van der Waals surface area contributed by atoms with Gasteiger partial charge < -0.3 is 16.4 Å². The summed E-state index contributed by atoms with van der Waals surface area (Å²) in [5, 5.41) is 13.1. The van der Waals surface area contributed by atoms with Crippen molar-refractivity contribution >= 4 is 29.0 Å². The van der Waals surface area contributed by atoms with Crippen molar-refractivity contribution in [3.63, 3.8) is 0 Å². The maximum Gasteiger partial charge on any atom is 0.237 e. The molecule has 2 aliphatic rings. The van der Waals surface area contributed by atoms with Gasteiger partial charge in [-0.2, -0.15) is 5.10 Å². The molecule has 2 amide bonds. The number of aromatic nitrogens is 3. The zero-order chi connectivity index (χ0) is 23.8. The molecule has 176 valence electrons. The first-order valence-electron chi connectivity index (χ1n) is 11.9. The molecule has 8 heteroatoms. The van der Waals surface area contributed by atoms with Gasteiger partial charge in [0.05, 0.1) is 11.4 Å². The van der Waals surface area contributed by atoms with Crippen molar-refractivity contribution in [2.24, 2.45) is 23.7 Å². The first kappa shape index (κ1) is 22.1. The minimum Gasteiger partial charge on any atom is -0.382 e. The number of aromatic amines is 1. The summed E-state index contributed by atoms with van der Waals surface area (Å²) in [6.45, 7) is 3.95. The van der Waals surface area contributed by atoms with Gasteiger partial charge in [0.15, 0.2) is 0 Å². The SMILES string of the molecule is Cc1n[nH]c(C)c1-c1ccc(NC(=O)C(C(=O)Nc2cccnc2N)C(C2CC2)C2CC2)cc1. The molecule has 8 nitrogen and oxygen atoms in total. The summed E-state index contributed by atoms with van der Waals surface area (Å²) >= 11 is 0. The highest BCUT2D eigenvalue weighted by Crippen LogP contribution is 2.53. The van der Waals surface area contributed by atoms with Crippen molar-refractivity contribution in [3.05, 3.63) is 54.0 Å². The lowest BCUT2D eigenvalue weighted by Gasteiger charge is -2.26. The van der Waals surface area contributed by atoms with Gasteiger partial charge in [-0.15, -0.1) is 0 Å². The summed E-state index contributed by atoms with van der Waals surface area (Å²) < 4.78 is 0. The fourth-order valence-corrected chi connectivity index (χ4v) is 5.01. The number of carbonyl (C=O) groups is 2. The molecule has 0 saturated heterocycles. The molecular weight excluding hydrogens is 428 g/mol. The molecule has 3 aromatic rings. The topological polar surface area (TPSA) is 126 Å². The number of rotatable bonds is 8. The van der Waals surface area contributed by atoms with Crippen molar-refractivity contribution in [2.45, 2.75) is 39.5 Å². The molecule has 2 fully saturated rings. The van der Waals surface area contributed by atoms with Crippen LogP contribution in [0.25, 0.3) is 11.1 Å². The number of nitrogens with zero attached hydrogens (tertiary/aromatic N) is 2. The number of benzene rings is 1. The van der Waals surface area contributed by atoms with Gasteiger partial charge in [0, 0.05) is 23.1 Å². The molecule has 34 heavy (non-hydrogen) atoms. The Bertz CT molecular complexity index is 1180. The monoisotopic (exact) mass is 458 g/mol. The number of hydrogen-bond acceptors (Lipinski definition) is 5. The number of pyridine rings is 1. The van der Waals surface area contributed by atoms with Crippen LogP contribution in [0.5, 0.6) is 0 Å². The number of nitrogens with two attached hydrogens (primary N) is 1. The lowest BCUT2D eigenvalue weighted by Crippen LogP contribution is -2.41. The number of nitrogen functional groups attached to an aromatic ring is 1. The molecule has 1 unspecified atom stereocenters. The molecule has 1 aromatic carbocycles. The van der Waals surface area contributed by atoms with E-state index in [1.165, 1.54) is 0 Å². The van der Waals surface area contributed by atoms with E-state index in [1.807, 2.05) is 38.1 Å². The third-order valence-electron chi connectivity index (χ3n) is 6.95. The zero-order valence-corrected chi connectivity index (χ0v) is 19.5. The van der Waals surface area contributed by atoms with Gasteiger partial charge in [0.25, 0.3) is 0 Å². The molecule has 0 radical (unpaired) electrons. The van der Waals surface area contributed by atoms with Gasteiger partial charge in [-0.05, 0) is 87.1 Å². The quantitative estimate of drug-likeness (QED) is 0.375. The zero-order valence-electron chi connectivity index (χ0n) is 19.5. The van der Waals surface area contributed by atoms with E-state index in [2.05, 4.69) is 25.8 Å². The molecule has 0 bridgehead atoms. The van der Waals surface area contributed by atoms with E-state index < -0.39 is 5.92 Å². The van der Waals surface area contributed by atoms with E-state index in [0.29, 0.717) is 23.2 Å². The minimum absolute atomic E-state index is 0.0494. The summed E-state index contributed by atoms with van der Waals surface area (Å²) in [5.41, 5.74) is 11.0. The van der Waals surface area contributed by atoms with Crippen LogP contribution >= 0.6 is 0 Å². The summed E-state index contributed by atoms with van der Waals surface area (Å²) in [5.74, 6) is -0.227. The van der Waals surface area contributed by atoms with Gasteiger partial charge in [-0.25, -0.2) is 4.98 Å². The van der Waals surface area contributed by atoms with E-state index in [1.54, 1.807) is 18.3 Å². The van der Waals surface area contributed by atoms with Crippen LogP contribution in [0, 0.1) is 37.5 Å². The third-order valence-corrected chi connectivity index (χ3v) is 6.95. The Morgan fingerprint density at radius 3 is 2.21 bits per heavy atom. The summed E-state index contributed by atoms with van der Waals surface area (Å²) in [6, 6.07) is 11.1. The molecule has 0 spiro atoms. The Balaban J connectivity index is 1.37. The Morgan fingerprint density at radius 1 is 1.00 bits per heavy atom. The number of hydrogen-bond donors (Lipinski definition) is 4. The molecule has 2 heterocycles. The lowest BCUT2D eigenvalue weighted by atomic mass is 9.82. The van der Waals surface area contributed by atoms with Crippen molar-refractivity contribution in [2.75, 3.05) is 16.4 Å². The molecule has 2 aromatic heterocycles. The lowest BCUT2D eigenvalue weighted by molar-refractivity contribution is -0.132. The average molecular weight is 459 g/mol. The Morgan fingerprint density at radius 2 is 1.65 bits per heavy atom. The van der Waals surface area contributed by atoms with Crippen LogP contribution in [0.15, 0.2) is 42.6 Å². The highest BCUT2D eigenvalue weighted by atomic mass is 16.2. The number of aryl methyl sites for hydroxylation is 2. The Hall–Kier alpha value is -3.68. The second kappa shape index (κ2) is 8.93. The molecule has 0 aliphatic heterocycles. The van der Waals surface area contributed by atoms with Crippen molar-refractivity contribution in [3.8, 4) is 11.1 Å². The van der Waals surface area contributed by atoms with Crippen LogP contribution in [0.3, 0.4) is 0 Å². The molecule has 2 saturated carbocycles. The van der Waals surface area contributed by atoms with Crippen LogP contribution in [0.2, 0.25) is 0 Å². The van der Waals surface area contributed by atoms with Gasteiger partial charge in [0.2, 0.25) is 11.8 Å². The van der Waals surface area contributed by atoms with E-state index in [0.717, 1.165) is 48.2 Å². The maximum absolute atomic E-state index is 13.5. The van der Waals surface area contributed by atoms with Crippen molar-refractivity contribution in [1.82, 2.24) is 15.2 Å². The second-order valence-corrected chi connectivity index (χ2v) is 9.53. The van der Waals surface area contributed by atoms with Crippen LogP contribution in [0.4, 0.5) is 17.2 Å². The molecule has 5 N–H and O–H groups in total. The summed E-state index contributed by atoms with van der Waals surface area (Å²) in [4.78, 5) is 31.0. The maximum atomic E-state index is 13.5. The normalized spacial score (nSPS) is 16.3. The van der Waals surface area contributed by atoms with E-state index in [9.17, 15) is 9.59 Å². The molecule has 5 rings (SSSR count). The molecule has 2 aliphatic carbocycles. The number of nitrogens with one attached hydrogen (secondary N) is 3. The van der Waals surface area contributed by atoms with Gasteiger partial charge in [0.1, 0.15) is 11.7 Å². The summed E-state index contributed by atoms with van der Waals surface area (Å²) in [6.07, 6.45) is 5.87.